The number of hydrogen-bond donors (Lipinski definition) is 1. The van der Waals surface area contributed by atoms with E-state index in [0.29, 0.717) is 5.56 Å². The van der Waals surface area contributed by atoms with Crippen LogP contribution >= 0.6 is 0 Å². The second-order valence-electron chi connectivity index (χ2n) is 7.34. The van der Waals surface area contributed by atoms with Gasteiger partial charge in [-0.1, -0.05) is 12.1 Å². The predicted molar refractivity (Wildman–Crippen MR) is 108 cm³/mol. The number of para-hydroxylation sites is 2. The fraction of sp³-hybridized carbons (Fsp3) is 0.381. The SMILES string of the molecule is CC(C)n1ncc2cc(C(=O)Nc3ccccc3N3CCCCC3)cnc21. The summed E-state index contributed by atoms with van der Waals surface area (Å²) in [6.45, 7) is 6.20. The van der Waals surface area contributed by atoms with Crippen LogP contribution in [0.5, 0.6) is 0 Å². The summed E-state index contributed by atoms with van der Waals surface area (Å²) in [4.78, 5) is 19.7. The summed E-state index contributed by atoms with van der Waals surface area (Å²) in [6, 6.07) is 10.1. The Kier molecular flexibility index (Phi) is 4.79. The van der Waals surface area contributed by atoms with Crippen molar-refractivity contribution in [1.82, 2.24) is 14.8 Å². The number of nitrogens with one attached hydrogen (secondary N) is 1. The Morgan fingerprint density at radius 1 is 1.11 bits per heavy atom. The second-order valence-corrected chi connectivity index (χ2v) is 7.34. The highest BCUT2D eigenvalue weighted by Gasteiger charge is 2.17. The van der Waals surface area contributed by atoms with Crippen molar-refractivity contribution in [2.24, 2.45) is 0 Å². The maximum Gasteiger partial charge on any atom is 0.257 e. The van der Waals surface area contributed by atoms with Crippen LogP contribution < -0.4 is 10.2 Å². The van der Waals surface area contributed by atoms with Gasteiger partial charge in [0.05, 0.1) is 23.1 Å². The molecular weight excluding hydrogens is 338 g/mol. The first-order valence-corrected chi connectivity index (χ1v) is 9.62. The minimum atomic E-state index is -0.147. The highest BCUT2D eigenvalue weighted by molar-refractivity contribution is 6.07. The van der Waals surface area contributed by atoms with Gasteiger partial charge in [-0.3, -0.25) is 4.79 Å². The number of piperidine rings is 1. The van der Waals surface area contributed by atoms with Crippen LogP contribution in [-0.2, 0) is 0 Å². The topological polar surface area (TPSA) is 63.1 Å². The molecule has 0 unspecified atom stereocenters. The number of carbonyl (C=O) groups is 1. The highest BCUT2D eigenvalue weighted by Crippen LogP contribution is 2.28. The van der Waals surface area contributed by atoms with E-state index in [0.717, 1.165) is 35.5 Å². The predicted octanol–water partition coefficient (Wildman–Crippen LogP) is 4.25. The quantitative estimate of drug-likeness (QED) is 0.752. The Balaban J connectivity index is 1.58. The Labute approximate surface area is 159 Å². The number of fused-ring (bicyclic) bond motifs is 1. The second kappa shape index (κ2) is 7.39. The summed E-state index contributed by atoms with van der Waals surface area (Å²) < 4.78 is 1.86. The van der Waals surface area contributed by atoms with Crippen molar-refractivity contribution in [3.8, 4) is 0 Å². The van der Waals surface area contributed by atoms with Crippen LogP contribution in [0.2, 0.25) is 0 Å². The van der Waals surface area contributed by atoms with Crippen LogP contribution in [0.15, 0.2) is 42.7 Å². The molecule has 0 aliphatic carbocycles. The van der Waals surface area contributed by atoms with Crippen LogP contribution in [-0.4, -0.2) is 33.8 Å². The third-order valence-electron chi connectivity index (χ3n) is 5.03. The molecule has 1 aromatic carbocycles. The van der Waals surface area contributed by atoms with Gasteiger partial charge in [-0.25, -0.2) is 9.67 Å². The number of hydrogen-bond acceptors (Lipinski definition) is 4. The molecule has 1 N–H and O–H groups in total. The molecule has 4 rings (SSSR count). The van der Waals surface area contributed by atoms with Crippen molar-refractivity contribution in [2.45, 2.75) is 39.2 Å². The van der Waals surface area contributed by atoms with Gasteiger partial charge in [-0.15, -0.1) is 0 Å². The summed E-state index contributed by atoms with van der Waals surface area (Å²) in [6.07, 6.45) is 7.06. The third kappa shape index (κ3) is 3.52. The normalized spacial score (nSPS) is 14.7. The minimum absolute atomic E-state index is 0.147. The molecule has 1 fully saturated rings. The van der Waals surface area contributed by atoms with Crippen molar-refractivity contribution >= 4 is 28.3 Å². The van der Waals surface area contributed by atoms with Crippen molar-refractivity contribution in [1.29, 1.82) is 0 Å². The van der Waals surface area contributed by atoms with Crippen LogP contribution in [0, 0.1) is 0 Å². The minimum Gasteiger partial charge on any atom is -0.370 e. The van der Waals surface area contributed by atoms with E-state index in [2.05, 4.69) is 40.2 Å². The van der Waals surface area contributed by atoms with Crippen LogP contribution in [0.1, 0.15) is 49.5 Å². The van der Waals surface area contributed by atoms with Crippen molar-refractivity contribution in [3.63, 3.8) is 0 Å². The Bertz CT molecular complexity index is 956. The third-order valence-corrected chi connectivity index (χ3v) is 5.03. The molecule has 27 heavy (non-hydrogen) atoms. The molecular formula is C21H25N5O. The first-order chi connectivity index (χ1) is 13.1. The lowest BCUT2D eigenvalue weighted by atomic mass is 10.1. The molecule has 1 saturated heterocycles. The molecule has 0 saturated carbocycles. The van der Waals surface area contributed by atoms with Gasteiger partial charge >= 0.3 is 0 Å². The van der Waals surface area contributed by atoms with E-state index >= 15 is 0 Å². The van der Waals surface area contributed by atoms with E-state index in [1.807, 2.05) is 28.9 Å². The summed E-state index contributed by atoms with van der Waals surface area (Å²) in [5.74, 6) is -0.147. The molecule has 1 aliphatic rings. The number of anilines is 2. The van der Waals surface area contributed by atoms with Gasteiger partial charge in [0.2, 0.25) is 0 Å². The fourth-order valence-corrected chi connectivity index (χ4v) is 3.63. The molecule has 2 aromatic heterocycles. The van der Waals surface area contributed by atoms with E-state index < -0.39 is 0 Å². The molecule has 0 atom stereocenters. The van der Waals surface area contributed by atoms with E-state index in [1.54, 1.807) is 12.4 Å². The largest absolute Gasteiger partial charge is 0.370 e. The average molecular weight is 363 g/mol. The van der Waals surface area contributed by atoms with Gasteiger partial charge in [0, 0.05) is 30.7 Å². The monoisotopic (exact) mass is 363 g/mol. The summed E-state index contributed by atoms with van der Waals surface area (Å²) >= 11 is 0. The van der Waals surface area contributed by atoms with Crippen molar-refractivity contribution in [3.05, 3.63) is 48.3 Å². The highest BCUT2D eigenvalue weighted by atomic mass is 16.1. The van der Waals surface area contributed by atoms with E-state index in [9.17, 15) is 4.79 Å². The average Bonchev–Trinajstić information content (AvgIpc) is 3.12. The first kappa shape index (κ1) is 17.5. The molecule has 0 spiro atoms. The molecule has 140 valence electrons. The van der Waals surface area contributed by atoms with Crippen molar-refractivity contribution < 1.29 is 4.79 Å². The number of rotatable bonds is 4. The molecule has 6 nitrogen and oxygen atoms in total. The van der Waals surface area contributed by atoms with Crippen LogP contribution in [0.25, 0.3) is 11.0 Å². The number of nitrogens with zero attached hydrogens (tertiary/aromatic N) is 4. The molecule has 0 radical (unpaired) electrons. The Morgan fingerprint density at radius 3 is 2.67 bits per heavy atom. The zero-order chi connectivity index (χ0) is 18.8. The summed E-state index contributed by atoms with van der Waals surface area (Å²) in [5.41, 5.74) is 3.28. The smallest absolute Gasteiger partial charge is 0.257 e. The number of aromatic nitrogens is 3. The molecule has 0 bridgehead atoms. The maximum atomic E-state index is 12.8. The van der Waals surface area contributed by atoms with Crippen LogP contribution in [0.4, 0.5) is 11.4 Å². The van der Waals surface area contributed by atoms with Crippen LogP contribution in [0.3, 0.4) is 0 Å². The lowest BCUT2D eigenvalue weighted by Gasteiger charge is -2.30. The Morgan fingerprint density at radius 2 is 1.89 bits per heavy atom. The Hall–Kier alpha value is -2.89. The van der Waals surface area contributed by atoms with Gasteiger partial charge in [-0.2, -0.15) is 5.10 Å². The van der Waals surface area contributed by atoms with Gasteiger partial charge in [0.15, 0.2) is 5.65 Å². The molecule has 3 aromatic rings. The van der Waals surface area contributed by atoms with Gasteiger partial charge in [0.25, 0.3) is 5.91 Å². The number of amides is 1. The fourth-order valence-electron chi connectivity index (χ4n) is 3.63. The number of carbonyl (C=O) groups excluding carboxylic acids is 1. The van der Waals surface area contributed by atoms with Gasteiger partial charge in [0.1, 0.15) is 0 Å². The molecule has 6 heteroatoms. The van der Waals surface area contributed by atoms with Crippen molar-refractivity contribution in [2.75, 3.05) is 23.3 Å². The van der Waals surface area contributed by atoms with E-state index in [-0.39, 0.29) is 11.9 Å². The zero-order valence-electron chi connectivity index (χ0n) is 15.9. The van der Waals surface area contributed by atoms with Gasteiger partial charge < -0.3 is 10.2 Å². The van der Waals surface area contributed by atoms with E-state index in [1.165, 1.54) is 19.3 Å². The number of pyridine rings is 1. The van der Waals surface area contributed by atoms with E-state index in [4.69, 9.17) is 0 Å². The standard InChI is InChI=1S/C21H25N5O/c1-15(2)26-20-16(14-23-26)12-17(13-22-20)21(27)24-18-8-4-5-9-19(18)25-10-6-3-7-11-25/h4-5,8-9,12-15H,3,6-7,10-11H2,1-2H3,(H,24,27). The molecule has 1 aliphatic heterocycles. The summed E-state index contributed by atoms with van der Waals surface area (Å²) in [5, 5.41) is 8.32. The maximum absolute atomic E-state index is 12.8. The first-order valence-electron chi connectivity index (χ1n) is 9.62. The zero-order valence-corrected chi connectivity index (χ0v) is 15.9. The lowest BCUT2D eigenvalue weighted by Crippen LogP contribution is -2.30. The number of benzene rings is 1. The molecule has 1 amide bonds. The molecule has 3 heterocycles. The van der Waals surface area contributed by atoms with Gasteiger partial charge in [-0.05, 0) is 51.3 Å². The lowest BCUT2D eigenvalue weighted by molar-refractivity contribution is 0.102. The summed E-state index contributed by atoms with van der Waals surface area (Å²) in [7, 11) is 0.